The van der Waals surface area contributed by atoms with E-state index in [4.69, 9.17) is 0 Å². The molecule has 4 heteroatoms. The molecule has 0 bridgehead atoms. The standard InChI is InChI=1S/C82H54N2S2/c1-3-52(47-57(4-2)83(58-25-7-5-8-26-58)75-40-22-36-67-64-33-15-19-42-77(64)85-80(67)75)53-44-45-54-49-70-73(50-56(54)46-53)82(71-38-17-13-31-62(71)63-32-14-18-39-72(63)82)74-51-69(61-30-11-12-35-66(61)79(70)74)55-24-21-29-60(48-55)84(59-27-9-6-10-28-59)76-41-23-37-68-65-34-16-20-43-78(65)86-81(68)76/h3-51H,2H2,1H3/b52-3+,57-47+. The fraction of sp³-hybridized carbons (Fsp3) is 0.0244. The maximum atomic E-state index is 4.49. The second-order valence-corrected chi connectivity index (χ2v) is 24.7. The summed E-state index contributed by atoms with van der Waals surface area (Å²) in [4.78, 5) is 4.83. The Kier molecular flexibility index (Phi) is 11.6. The molecular weight excluding hydrogens is 1080 g/mol. The van der Waals surface area contributed by atoms with Gasteiger partial charge >= 0.3 is 0 Å². The quantitative estimate of drug-likeness (QED) is 0.126. The number of nitrogens with zero attached hydrogens (tertiary/aromatic N) is 2. The molecule has 0 saturated carbocycles. The molecule has 0 radical (unpaired) electrons. The van der Waals surface area contributed by atoms with E-state index in [1.54, 1.807) is 0 Å². The predicted molar refractivity (Wildman–Crippen MR) is 371 cm³/mol. The molecule has 15 aromatic rings. The molecule has 0 N–H and O–H groups in total. The van der Waals surface area contributed by atoms with Crippen molar-refractivity contribution in [2.75, 3.05) is 9.80 Å². The van der Waals surface area contributed by atoms with Crippen LogP contribution < -0.4 is 9.80 Å². The number of para-hydroxylation sites is 2. The summed E-state index contributed by atoms with van der Waals surface area (Å²) < 4.78 is 5.09. The van der Waals surface area contributed by atoms with Crippen molar-refractivity contribution in [3.63, 3.8) is 0 Å². The molecule has 17 rings (SSSR count). The molecule has 404 valence electrons. The SMILES string of the molecule is C=C/C(=C\C(=C/C)c1ccc2cc3c(cc2c1)C1(c2ccccc2-c2ccccc21)c1cc(-c2cccc(N(c4ccccc4)c4cccc5c4sc4ccccc45)c2)c2ccccc2c1-3)N(c1ccccc1)c1cccc2c1sc1ccccc12. The van der Waals surface area contributed by atoms with Gasteiger partial charge in [0.25, 0.3) is 0 Å². The summed E-state index contributed by atoms with van der Waals surface area (Å²) in [5.74, 6) is 0. The smallest absolute Gasteiger partial charge is 0.0726 e. The van der Waals surface area contributed by atoms with Gasteiger partial charge in [-0.05, 0) is 192 Å². The van der Waals surface area contributed by atoms with E-state index in [2.05, 4.69) is 315 Å². The van der Waals surface area contributed by atoms with Crippen molar-refractivity contribution in [1.82, 2.24) is 0 Å². The lowest BCUT2D eigenvalue weighted by Crippen LogP contribution is -2.26. The molecule has 2 nitrogen and oxygen atoms in total. The van der Waals surface area contributed by atoms with Gasteiger partial charge in [-0.1, -0.05) is 207 Å². The number of allylic oxidation sites excluding steroid dienone is 4. The van der Waals surface area contributed by atoms with E-state index in [0.29, 0.717) is 0 Å². The Morgan fingerprint density at radius 1 is 0.395 bits per heavy atom. The molecule has 0 amide bonds. The number of rotatable bonds is 10. The summed E-state index contributed by atoms with van der Waals surface area (Å²) in [6, 6.07) is 104. The summed E-state index contributed by atoms with van der Waals surface area (Å²) in [5, 5.41) is 9.99. The van der Waals surface area contributed by atoms with Crippen LogP contribution in [0.15, 0.2) is 310 Å². The van der Waals surface area contributed by atoms with E-state index in [1.807, 2.05) is 28.7 Å². The lowest BCUT2D eigenvalue weighted by molar-refractivity contribution is 0.796. The Balaban J connectivity index is 0.850. The van der Waals surface area contributed by atoms with Crippen molar-refractivity contribution in [2.24, 2.45) is 0 Å². The van der Waals surface area contributed by atoms with Crippen LogP contribution in [-0.2, 0) is 5.41 Å². The number of anilines is 5. The van der Waals surface area contributed by atoms with E-state index in [9.17, 15) is 0 Å². The highest BCUT2D eigenvalue weighted by Gasteiger charge is 2.52. The van der Waals surface area contributed by atoms with Crippen molar-refractivity contribution in [2.45, 2.75) is 12.3 Å². The third kappa shape index (κ3) is 7.50. The zero-order valence-electron chi connectivity index (χ0n) is 47.2. The number of benzene rings is 13. The van der Waals surface area contributed by atoms with Gasteiger partial charge in [0.2, 0.25) is 0 Å². The maximum absolute atomic E-state index is 4.49. The van der Waals surface area contributed by atoms with Crippen molar-refractivity contribution < 1.29 is 0 Å². The number of thiophene rings is 2. The molecule has 0 atom stereocenters. The van der Waals surface area contributed by atoms with Gasteiger partial charge < -0.3 is 9.80 Å². The highest BCUT2D eigenvalue weighted by Crippen LogP contribution is 2.65. The van der Waals surface area contributed by atoms with Crippen LogP contribution in [0.4, 0.5) is 28.4 Å². The Morgan fingerprint density at radius 2 is 0.953 bits per heavy atom. The van der Waals surface area contributed by atoms with Crippen LogP contribution in [-0.4, -0.2) is 0 Å². The van der Waals surface area contributed by atoms with Crippen molar-refractivity contribution in [3.8, 4) is 33.4 Å². The van der Waals surface area contributed by atoms with E-state index in [1.165, 1.54) is 123 Å². The van der Waals surface area contributed by atoms with E-state index in [-0.39, 0.29) is 0 Å². The van der Waals surface area contributed by atoms with Crippen LogP contribution in [0.1, 0.15) is 34.7 Å². The van der Waals surface area contributed by atoms with Crippen LogP contribution >= 0.6 is 22.7 Å². The molecule has 1 spiro atoms. The molecule has 0 unspecified atom stereocenters. The monoisotopic (exact) mass is 1130 g/mol. The highest BCUT2D eigenvalue weighted by atomic mass is 32.1. The maximum Gasteiger partial charge on any atom is 0.0726 e. The van der Waals surface area contributed by atoms with Gasteiger partial charge in [-0.25, -0.2) is 0 Å². The molecule has 2 aromatic heterocycles. The van der Waals surface area contributed by atoms with Gasteiger partial charge in [-0.3, -0.25) is 0 Å². The van der Waals surface area contributed by atoms with Crippen LogP contribution in [0, 0.1) is 0 Å². The van der Waals surface area contributed by atoms with Crippen molar-refractivity contribution in [1.29, 1.82) is 0 Å². The average Bonchev–Trinajstić information content (AvgIpc) is 1.83. The van der Waals surface area contributed by atoms with Gasteiger partial charge in [0.05, 0.1) is 26.2 Å². The minimum atomic E-state index is -0.603. The Morgan fingerprint density at radius 3 is 1.63 bits per heavy atom. The van der Waals surface area contributed by atoms with Crippen molar-refractivity contribution in [3.05, 3.63) is 337 Å². The molecular formula is C82H54N2S2. The summed E-state index contributed by atoms with van der Waals surface area (Å²) in [6.45, 7) is 6.64. The van der Waals surface area contributed by atoms with Gasteiger partial charge in [0, 0.05) is 53.7 Å². The van der Waals surface area contributed by atoms with Gasteiger partial charge in [0.1, 0.15) is 0 Å². The van der Waals surface area contributed by atoms with E-state index >= 15 is 0 Å². The topological polar surface area (TPSA) is 6.48 Å². The zero-order valence-corrected chi connectivity index (χ0v) is 48.8. The Hall–Kier alpha value is -10.4. The molecule has 0 saturated heterocycles. The first kappa shape index (κ1) is 50.2. The predicted octanol–water partition coefficient (Wildman–Crippen LogP) is 23.5. The summed E-state index contributed by atoms with van der Waals surface area (Å²) in [7, 11) is 0. The van der Waals surface area contributed by atoms with Crippen molar-refractivity contribution >= 4 is 119 Å². The molecule has 2 aliphatic carbocycles. The third-order valence-corrected chi connectivity index (χ3v) is 20.6. The van der Waals surface area contributed by atoms with Gasteiger partial charge in [-0.15, -0.1) is 22.7 Å². The highest BCUT2D eigenvalue weighted by molar-refractivity contribution is 7.26. The van der Waals surface area contributed by atoms with Crippen LogP contribution in [0.2, 0.25) is 0 Å². The molecule has 86 heavy (non-hydrogen) atoms. The lowest BCUT2D eigenvalue weighted by atomic mass is 9.69. The second kappa shape index (κ2) is 19.9. The minimum absolute atomic E-state index is 0.603. The Bertz CT molecular complexity index is 5300. The number of hydrogen-bond acceptors (Lipinski definition) is 4. The number of fused-ring (bicyclic) bond motifs is 19. The first-order valence-corrected chi connectivity index (χ1v) is 31.2. The van der Waals surface area contributed by atoms with E-state index in [0.717, 1.165) is 39.6 Å². The van der Waals surface area contributed by atoms with Gasteiger partial charge in [0.15, 0.2) is 0 Å². The Labute approximate surface area is 508 Å². The summed E-state index contributed by atoms with van der Waals surface area (Å²) >= 11 is 3.72. The lowest BCUT2D eigenvalue weighted by Gasteiger charge is -2.31. The average molecular weight is 1130 g/mol. The van der Waals surface area contributed by atoms with Crippen LogP contribution in [0.5, 0.6) is 0 Å². The largest absolute Gasteiger partial charge is 0.309 e. The summed E-state index contributed by atoms with van der Waals surface area (Å²) in [6.07, 6.45) is 6.57. The van der Waals surface area contributed by atoms with Crippen LogP contribution in [0.3, 0.4) is 0 Å². The van der Waals surface area contributed by atoms with Gasteiger partial charge in [-0.2, -0.15) is 0 Å². The minimum Gasteiger partial charge on any atom is -0.309 e. The zero-order chi connectivity index (χ0) is 57.0. The molecule has 2 aliphatic rings. The first-order valence-electron chi connectivity index (χ1n) is 29.5. The first-order chi connectivity index (χ1) is 42.6. The summed E-state index contributed by atoms with van der Waals surface area (Å²) in [5.41, 5.74) is 21.1. The fourth-order valence-electron chi connectivity index (χ4n) is 14.5. The van der Waals surface area contributed by atoms with Crippen LogP contribution in [0.25, 0.3) is 101 Å². The van der Waals surface area contributed by atoms with E-state index < -0.39 is 5.41 Å². The second-order valence-electron chi connectivity index (χ2n) is 22.6. The molecule has 0 fully saturated rings. The fourth-order valence-corrected chi connectivity index (χ4v) is 16.9. The third-order valence-electron chi connectivity index (χ3n) is 18.2. The molecule has 0 aliphatic heterocycles. The molecule has 2 heterocycles. The normalized spacial score (nSPS) is 13.2. The number of hydrogen-bond donors (Lipinski definition) is 0. The molecule has 13 aromatic carbocycles.